The first kappa shape index (κ1) is 16.4. The van der Waals surface area contributed by atoms with Gasteiger partial charge < -0.3 is 9.47 Å². The van der Waals surface area contributed by atoms with Crippen LogP contribution < -0.4 is 0 Å². The van der Waals surface area contributed by atoms with Crippen molar-refractivity contribution in [3.63, 3.8) is 0 Å². The summed E-state index contributed by atoms with van der Waals surface area (Å²) in [4.78, 5) is 21.5. The Kier molecular flexibility index (Phi) is 9.64. The average molecular weight is 254 g/mol. The molecular weight excluding hydrogens is 232 g/mol. The van der Waals surface area contributed by atoms with E-state index in [0.717, 1.165) is 18.4 Å². The van der Waals surface area contributed by atoms with Crippen molar-refractivity contribution in [1.29, 1.82) is 0 Å². The minimum atomic E-state index is -0.259. The summed E-state index contributed by atoms with van der Waals surface area (Å²) in [6.45, 7) is 7.91. The van der Waals surface area contributed by atoms with Crippen LogP contribution in [0.4, 0.5) is 0 Å². The van der Waals surface area contributed by atoms with E-state index in [1.807, 2.05) is 12.2 Å². The molecule has 0 aromatic heterocycles. The van der Waals surface area contributed by atoms with Crippen LogP contribution >= 0.6 is 0 Å². The second-order valence-corrected chi connectivity index (χ2v) is 3.85. The molecule has 0 fully saturated rings. The SMILES string of the molecule is C=C(/C=C/CCC(=O)OCC)CCCOC(C)=O. The lowest BCUT2D eigenvalue weighted by Gasteiger charge is -2.02. The summed E-state index contributed by atoms with van der Waals surface area (Å²) >= 11 is 0. The predicted octanol–water partition coefficient (Wildman–Crippen LogP) is 2.79. The van der Waals surface area contributed by atoms with Gasteiger partial charge in [0.2, 0.25) is 0 Å². The minimum Gasteiger partial charge on any atom is -0.466 e. The minimum absolute atomic E-state index is 0.178. The van der Waals surface area contributed by atoms with Crippen LogP contribution in [0.5, 0.6) is 0 Å². The topological polar surface area (TPSA) is 52.6 Å². The van der Waals surface area contributed by atoms with E-state index in [0.29, 0.717) is 26.1 Å². The Morgan fingerprint density at radius 2 is 1.94 bits per heavy atom. The third-order valence-electron chi connectivity index (χ3n) is 2.12. The van der Waals surface area contributed by atoms with Gasteiger partial charge in [-0.25, -0.2) is 0 Å². The molecule has 0 aromatic carbocycles. The molecule has 0 unspecified atom stereocenters. The third-order valence-corrected chi connectivity index (χ3v) is 2.12. The average Bonchev–Trinajstić information content (AvgIpc) is 2.30. The van der Waals surface area contributed by atoms with Crippen molar-refractivity contribution in [3.8, 4) is 0 Å². The van der Waals surface area contributed by atoms with E-state index in [2.05, 4.69) is 6.58 Å². The van der Waals surface area contributed by atoms with Crippen LogP contribution in [0.1, 0.15) is 39.5 Å². The van der Waals surface area contributed by atoms with Gasteiger partial charge in [0.05, 0.1) is 13.2 Å². The zero-order valence-electron chi connectivity index (χ0n) is 11.2. The first-order valence-corrected chi connectivity index (χ1v) is 6.19. The van der Waals surface area contributed by atoms with Gasteiger partial charge in [0, 0.05) is 13.3 Å². The zero-order valence-corrected chi connectivity index (χ0v) is 11.2. The lowest BCUT2D eigenvalue weighted by atomic mass is 10.1. The second-order valence-electron chi connectivity index (χ2n) is 3.85. The van der Waals surface area contributed by atoms with Gasteiger partial charge in [0.1, 0.15) is 0 Å². The quantitative estimate of drug-likeness (QED) is 0.360. The van der Waals surface area contributed by atoms with Gasteiger partial charge in [-0.3, -0.25) is 9.59 Å². The van der Waals surface area contributed by atoms with Gasteiger partial charge in [-0.1, -0.05) is 24.3 Å². The fraction of sp³-hybridized carbons (Fsp3) is 0.571. The Bertz CT molecular complexity index is 305. The van der Waals surface area contributed by atoms with Crippen LogP contribution in [0, 0.1) is 0 Å². The highest BCUT2D eigenvalue weighted by Gasteiger charge is 1.98. The molecule has 4 nitrogen and oxygen atoms in total. The summed E-state index contributed by atoms with van der Waals surface area (Å²) in [6.07, 6.45) is 6.40. The van der Waals surface area contributed by atoms with E-state index >= 15 is 0 Å². The van der Waals surface area contributed by atoms with E-state index in [1.165, 1.54) is 6.92 Å². The Balaban J connectivity index is 3.56. The van der Waals surface area contributed by atoms with Gasteiger partial charge in [-0.15, -0.1) is 0 Å². The highest BCUT2D eigenvalue weighted by Crippen LogP contribution is 2.06. The van der Waals surface area contributed by atoms with E-state index in [4.69, 9.17) is 9.47 Å². The molecule has 0 radical (unpaired) electrons. The number of carbonyl (C=O) groups excluding carboxylic acids is 2. The van der Waals surface area contributed by atoms with Crippen LogP contribution in [0.2, 0.25) is 0 Å². The molecule has 0 aliphatic heterocycles. The molecule has 0 saturated carbocycles. The van der Waals surface area contributed by atoms with Crippen molar-refractivity contribution in [2.75, 3.05) is 13.2 Å². The maximum absolute atomic E-state index is 11.0. The summed E-state index contributed by atoms with van der Waals surface area (Å²) in [5.41, 5.74) is 0.964. The first-order chi connectivity index (χ1) is 8.56. The van der Waals surface area contributed by atoms with Gasteiger partial charge in [0.15, 0.2) is 0 Å². The summed E-state index contributed by atoms with van der Waals surface area (Å²) in [5.74, 6) is -0.437. The summed E-state index contributed by atoms with van der Waals surface area (Å²) in [7, 11) is 0. The molecule has 0 heterocycles. The number of rotatable bonds is 9. The van der Waals surface area contributed by atoms with Crippen molar-refractivity contribution in [2.45, 2.75) is 39.5 Å². The normalized spacial score (nSPS) is 10.3. The smallest absolute Gasteiger partial charge is 0.306 e. The van der Waals surface area contributed by atoms with E-state index < -0.39 is 0 Å². The lowest BCUT2D eigenvalue weighted by Crippen LogP contribution is -2.02. The largest absolute Gasteiger partial charge is 0.466 e. The van der Waals surface area contributed by atoms with Crippen LogP contribution in [0.25, 0.3) is 0 Å². The molecular formula is C14H22O4. The molecule has 0 aromatic rings. The van der Waals surface area contributed by atoms with Crippen LogP contribution in [-0.2, 0) is 19.1 Å². The Labute approximate surface area is 109 Å². The lowest BCUT2D eigenvalue weighted by molar-refractivity contribution is -0.143. The van der Waals surface area contributed by atoms with E-state index in [-0.39, 0.29) is 11.9 Å². The van der Waals surface area contributed by atoms with Crippen LogP contribution in [0.15, 0.2) is 24.3 Å². The Hall–Kier alpha value is -1.58. The molecule has 0 bridgehead atoms. The Morgan fingerprint density at radius 3 is 2.56 bits per heavy atom. The van der Waals surface area contributed by atoms with Crippen molar-refractivity contribution in [2.24, 2.45) is 0 Å². The molecule has 0 aliphatic rings. The summed E-state index contributed by atoms with van der Waals surface area (Å²) < 4.78 is 9.62. The summed E-state index contributed by atoms with van der Waals surface area (Å²) in [5, 5.41) is 0. The number of hydrogen-bond acceptors (Lipinski definition) is 4. The second kappa shape index (κ2) is 10.6. The fourth-order valence-corrected chi connectivity index (χ4v) is 1.28. The molecule has 0 rings (SSSR count). The Morgan fingerprint density at radius 1 is 1.22 bits per heavy atom. The standard InChI is InChI=1S/C14H22O4/c1-4-17-14(16)10-6-5-8-12(2)9-7-11-18-13(3)15/h5,8H,2,4,6-7,9-11H2,1,3H3/b8-5+. The summed E-state index contributed by atoms with van der Waals surface area (Å²) in [6, 6.07) is 0. The van der Waals surface area contributed by atoms with Crippen molar-refractivity contribution in [3.05, 3.63) is 24.3 Å². The molecule has 0 aliphatic carbocycles. The maximum atomic E-state index is 11.0. The molecule has 102 valence electrons. The maximum Gasteiger partial charge on any atom is 0.306 e. The van der Waals surface area contributed by atoms with Gasteiger partial charge in [-0.05, 0) is 26.2 Å². The highest BCUT2D eigenvalue weighted by molar-refractivity contribution is 5.69. The number of hydrogen-bond donors (Lipinski definition) is 0. The van der Waals surface area contributed by atoms with Gasteiger partial charge in [0.25, 0.3) is 0 Å². The van der Waals surface area contributed by atoms with Crippen molar-refractivity contribution < 1.29 is 19.1 Å². The molecule has 0 saturated heterocycles. The number of ether oxygens (including phenoxy) is 2. The number of allylic oxidation sites excluding steroid dienone is 3. The van der Waals surface area contributed by atoms with Crippen molar-refractivity contribution in [1.82, 2.24) is 0 Å². The molecule has 0 N–H and O–H groups in total. The fourth-order valence-electron chi connectivity index (χ4n) is 1.28. The van der Waals surface area contributed by atoms with Crippen LogP contribution in [-0.4, -0.2) is 25.2 Å². The predicted molar refractivity (Wildman–Crippen MR) is 70.0 cm³/mol. The third kappa shape index (κ3) is 10.9. The zero-order chi connectivity index (χ0) is 13.8. The first-order valence-electron chi connectivity index (χ1n) is 6.19. The molecule has 0 amide bonds. The van der Waals surface area contributed by atoms with Gasteiger partial charge in [-0.2, -0.15) is 0 Å². The monoisotopic (exact) mass is 254 g/mol. The van der Waals surface area contributed by atoms with Crippen molar-refractivity contribution >= 4 is 11.9 Å². The number of esters is 2. The van der Waals surface area contributed by atoms with E-state index in [9.17, 15) is 9.59 Å². The molecule has 4 heteroatoms. The van der Waals surface area contributed by atoms with Crippen LogP contribution in [0.3, 0.4) is 0 Å². The van der Waals surface area contributed by atoms with E-state index in [1.54, 1.807) is 6.92 Å². The molecule has 0 spiro atoms. The molecule has 18 heavy (non-hydrogen) atoms. The van der Waals surface area contributed by atoms with Gasteiger partial charge >= 0.3 is 11.9 Å². The highest BCUT2D eigenvalue weighted by atomic mass is 16.5. The molecule has 0 atom stereocenters. The number of carbonyl (C=O) groups is 2.